The van der Waals surface area contributed by atoms with Crippen molar-refractivity contribution in [2.24, 2.45) is 5.92 Å². The fourth-order valence-corrected chi connectivity index (χ4v) is 2.13. The van der Waals surface area contributed by atoms with E-state index in [2.05, 4.69) is 19.2 Å². The minimum Gasteiger partial charge on any atom is -0.480 e. The van der Waals surface area contributed by atoms with E-state index >= 15 is 0 Å². The second-order valence-electron chi connectivity index (χ2n) is 6.09. The highest BCUT2D eigenvalue weighted by Gasteiger charge is 2.33. The van der Waals surface area contributed by atoms with Crippen molar-refractivity contribution in [3.63, 3.8) is 0 Å². The van der Waals surface area contributed by atoms with Crippen molar-refractivity contribution in [3.8, 4) is 0 Å². The van der Waals surface area contributed by atoms with Crippen molar-refractivity contribution in [1.82, 2.24) is 10.2 Å². The third-order valence-corrected chi connectivity index (χ3v) is 3.64. The summed E-state index contributed by atoms with van der Waals surface area (Å²) in [7, 11) is 0. The van der Waals surface area contributed by atoms with Crippen LogP contribution in [0.5, 0.6) is 0 Å². The summed E-state index contributed by atoms with van der Waals surface area (Å²) in [5, 5.41) is 11.9. The van der Waals surface area contributed by atoms with E-state index < -0.39 is 12.0 Å². The van der Waals surface area contributed by atoms with Crippen LogP contribution in [-0.2, 0) is 4.79 Å². The van der Waals surface area contributed by atoms with Gasteiger partial charge in [-0.25, -0.2) is 9.59 Å². The Morgan fingerprint density at radius 1 is 1.30 bits per heavy atom. The Kier molecular flexibility index (Phi) is 6.82. The molecule has 1 fully saturated rings. The normalized spacial score (nSPS) is 16.0. The first-order valence-electron chi connectivity index (χ1n) is 7.75. The zero-order valence-corrected chi connectivity index (χ0v) is 12.9. The predicted molar refractivity (Wildman–Crippen MR) is 78.7 cm³/mol. The van der Waals surface area contributed by atoms with Crippen molar-refractivity contribution in [3.05, 3.63) is 0 Å². The van der Waals surface area contributed by atoms with Crippen molar-refractivity contribution in [2.75, 3.05) is 6.54 Å². The maximum absolute atomic E-state index is 12.3. The largest absolute Gasteiger partial charge is 0.480 e. The number of hydrogen-bond donors (Lipinski definition) is 2. The van der Waals surface area contributed by atoms with Crippen LogP contribution in [-0.4, -0.2) is 40.6 Å². The number of amides is 2. The van der Waals surface area contributed by atoms with Crippen molar-refractivity contribution < 1.29 is 14.7 Å². The average molecular weight is 284 g/mol. The van der Waals surface area contributed by atoms with Crippen LogP contribution in [0.15, 0.2) is 0 Å². The minimum atomic E-state index is -0.939. The lowest BCUT2D eigenvalue weighted by Gasteiger charge is -2.25. The molecule has 0 spiro atoms. The summed E-state index contributed by atoms with van der Waals surface area (Å²) in [4.78, 5) is 25.3. The summed E-state index contributed by atoms with van der Waals surface area (Å²) < 4.78 is 0. The molecule has 5 heteroatoms. The van der Waals surface area contributed by atoms with Gasteiger partial charge >= 0.3 is 12.0 Å². The second-order valence-corrected chi connectivity index (χ2v) is 6.09. The first kappa shape index (κ1) is 16.8. The Morgan fingerprint density at radius 2 is 1.95 bits per heavy atom. The van der Waals surface area contributed by atoms with E-state index in [0.29, 0.717) is 24.9 Å². The molecule has 1 saturated carbocycles. The highest BCUT2D eigenvalue weighted by molar-refractivity contribution is 5.82. The van der Waals surface area contributed by atoms with E-state index in [1.807, 2.05) is 11.8 Å². The highest BCUT2D eigenvalue weighted by Crippen LogP contribution is 2.27. The average Bonchev–Trinajstić information content (AvgIpc) is 3.18. The number of nitrogens with one attached hydrogen (secondary N) is 1. The third kappa shape index (κ3) is 5.80. The van der Waals surface area contributed by atoms with Gasteiger partial charge in [0.2, 0.25) is 0 Å². The predicted octanol–water partition coefficient (Wildman–Crippen LogP) is 2.85. The van der Waals surface area contributed by atoms with Gasteiger partial charge in [-0.2, -0.15) is 0 Å². The van der Waals surface area contributed by atoms with Gasteiger partial charge in [0.15, 0.2) is 0 Å². The molecule has 0 heterocycles. The molecule has 0 bridgehead atoms. The summed E-state index contributed by atoms with van der Waals surface area (Å²) in [6.07, 6.45) is 5.28. The van der Waals surface area contributed by atoms with Gasteiger partial charge in [-0.3, -0.25) is 0 Å². The van der Waals surface area contributed by atoms with Crippen molar-refractivity contribution >= 4 is 12.0 Å². The Bertz CT molecular complexity index is 327. The van der Waals surface area contributed by atoms with E-state index in [1.165, 1.54) is 0 Å². The van der Waals surface area contributed by atoms with Crippen LogP contribution in [0.25, 0.3) is 0 Å². The molecule has 1 rings (SSSR count). The molecule has 20 heavy (non-hydrogen) atoms. The number of unbranched alkanes of at least 4 members (excludes halogenated alkanes) is 1. The van der Waals surface area contributed by atoms with E-state index in [0.717, 1.165) is 32.1 Å². The fourth-order valence-electron chi connectivity index (χ4n) is 2.13. The number of carboxylic acids is 1. The van der Waals surface area contributed by atoms with Crippen LogP contribution in [0.4, 0.5) is 4.79 Å². The SMILES string of the molecule is CCCCC(NC(=O)N(CCC(C)C)C1CC1)C(=O)O. The molecule has 0 aromatic rings. The van der Waals surface area contributed by atoms with Gasteiger partial charge in [0.25, 0.3) is 0 Å². The smallest absolute Gasteiger partial charge is 0.326 e. The lowest BCUT2D eigenvalue weighted by molar-refractivity contribution is -0.139. The molecule has 0 aromatic carbocycles. The van der Waals surface area contributed by atoms with Gasteiger partial charge in [-0.05, 0) is 31.6 Å². The number of nitrogens with zero attached hydrogens (tertiary/aromatic N) is 1. The van der Waals surface area contributed by atoms with E-state index in [-0.39, 0.29) is 6.03 Å². The molecule has 1 aliphatic carbocycles. The molecule has 1 aliphatic rings. The van der Waals surface area contributed by atoms with Crippen LogP contribution in [0, 0.1) is 5.92 Å². The molecule has 0 saturated heterocycles. The topological polar surface area (TPSA) is 69.6 Å². The Labute approximate surface area is 121 Å². The molecule has 0 aromatic heterocycles. The number of hydrogen-bond acceptors (Lipinski definition) is 2. The molecule has 0 aliphatic heterocycles. The first-order chi connectivity index (χ1) is 9.45. The molecule has 1 unspecified atom stereocenters. The van der Waals surface area contributed by atoms with Crippen LogP contribution >= 0.6 is 0 Å². The molecule has 2 amide bonds. The number of carbonyl (C=O) groups is 2. The van der Waals surface area contributed by atoms with Crippen LogP contribution in [0.3, 0.4) is 0 Å². The Hall–Kier alpha value is -1.26. The van der Waals surface area contributed by atoms with Gasteiger partial charge < -0.3 is 15.3 Å². The molecular formula is C15H28N2O3. The molecule has 1 atom stereocenters. The zero-order valence-electron chi connectivity index (χ0n) is 12.9. The number of urea groups is 1. The number of carboxylic acid groups (broad SMARTS) is 1. The molecule has 2 N–H and O–H groups in total. The van der Waals surface area contributed by atoms with Crippen LogP contribution in [0.1, 0.15) is 59.3 Å². The van der Waals surface area contributed by atoms with Crippen molar-refractivity contribution in [1.29, 1.82) is 0 Å². The van der Waals surface area contributed by atoms with Gasteiger partial charge in [0.1, 0.15) is 6.04 Å². The molecule has 0 radical (unpaired) electrons. The van der Waals surface area contributed by atoms with Gasteiger partial charge in [-0.1, -0.05) is 33.6 Å². The third-order valence-electron chi connectivity index (χ3n) is 3.64. The second kappa shape index (κ2) is 8.12. The van der Waals surface area contributed by atoms with Gasteiger partial charge in [-0.15, -0.1) is 0 Å². The molecule has 116 valence electrons. The van der Waals surface area contributed by atoms with Crippen LogP contribution < -0.4 is 5.32 Å². The van der Waals surface area contributed by atoms with Crippen LogP contribution in [0.2, 0.25) is 0 Å². The standard InChI is InChI=1S/C15H28N2O3/c1-4-5-6-13(14(18)19)16-15(20)17(12-7-8-12)10-9-11(2)3/h11-13H,4-10H2,1-3H3,(H,16,20)(H,18,19). The Morgan fingerprint density at radius 3 is 2.40 bits per heavy atom. The minimum absolute atomic E-state index is 0.211. The molecular weight excluding hydrogens is 256 g/mol. The lowest BCUT2D eigenvalue weighted by atomic mass is 10.1. The summed E-state index contributed by atoms with van der Waals surface area (Å²) in [6, 6.07) is -0.659. The summed E-state index contributed by atoms with van der Waals surface area (Å²) in [6.45, 7) is 6.99. The summed E-state index contributed by atoms with van der Waals surface area (Å²) >= 11 is 0. The number of carbonyl (C=O) groups excluding carboxylic acids is 1. The van der Waals surface area contributed by atoms with E-state index in [9.17, 15) is 9.59 Å². The maximum atomic E-state index is 12.3. The lowest BCUT2D eigenvalue weighted by Crippen LogP contribution is -2.49. The zero-order chi connectivity index (χ0) is 15.1. The van der Waals surface area contributed by atoms with E-state index in [4.69, 9.17) is 5.11 Å². The monoisotopic (exact) mass is 284 g/mol. The summed E-state index contributed by atoms with van der Waals surface area (Å²) in [5.74, 6) is -0.397. The first-order valence-corrected chi connectivity index (χ1v) is 7.75. The quantitative estimate of drug-likeness (QED) is 0.684. The summed E-state index contributed by atoms with van der Waals surface area (Å²) in [5.41, 5.74) is 0. The van der Waals surface area contributed by atoms with Crippen molar-refractivity contribution in [2.45, 2.75) is 71.4 Å². The fraction of sp³-hybridized carbons (Fsp3) is 0.867. The van der Waals surface area contributed by atoms with Gasteiger partial charge in [0.05, 0.1) is 0 Å². The maximum Gasteiger partial charge on any atom is 0.326 e. The Balaban J connectivity index is 2.52. The number of rotatable bonds is 9. The molecule has 5 nitrogen and oxygen atoms in total. The highest BCUT2D eigenvalue weighted by atomic mass is 16.4. The van der Waals surface area contributed by atoms with Gasteiger partial charge in [0, 0.05) is 12.6 Å². The van der Waals surface area contributed by atoms with E-state index in [1.54, 1.807) is 0 Å². The number of aliphatic carboxylic acids is 1.